The lowest BCUT2D eigenvalue weighted by Gasteiger charge is -2.04. The predicted octanol–water partition coefficient (Wildman–Crippen LogP) is 3.31. The topological polar surface area (TPSA) is 52.0 Å². The Morgan fingerprint density at radius 2 is 1.94 bits per heavy atom. The molecule has 2 unspecified atom stereocenters. The molecule has 1 heterocycles. The molecule has 2 atom stereocenters. The fourth-order valence-corrected chi connectivity index (χ4v) is 3.46. The summed E-state index contributed by atoms with van der Waals surface area (Å²) < 4.78 is 5.87. The maximum atomic E-state index is 5.87. The van der Waals surface area contributed by atoms with Crippen LogP contribution in [0.25, 0.3) is 11.1 Å². The van der Waals surface area contributed by atoms with Crippen LogP contribution in [0.15, 0.2) is 22.6 Å². The van der Waals surface area contributed by atoms with Gasteiger partial charge in [0.2, 0.25) is 0 Å². The molecule has 0 amide bonds. The normalized spacial score (nSPS) is 31.4. The summed E-state index contributed by atoms with van der Waals surface area (Å²) >= 11 is 0. The molecule has 88 valence electrons. The van der Waals surface area contributed by atoms with Crippen molar-refractivity contribution in [1.29, 1.82) is 0 Å². The van der Waals surface area contributed by atoms with E-state index in [9.17, 15) is 0 Å². The molecule has 3 nitrogen and oxygen atoms in total. The van der Waals surface area contributed by atoms with E-state index in [0.29, 0.717) is 5.92 Å². The van der Waals surface area contributed by atoms with Crippen molar-refractivity contribution in [2.75, 3.05) is 5.73 Å². The highest BCUT2D eigenvalue weighted by molar-refractivity contribution is 5.76. The largest absolute Gasteiger partial charge is 0.440 e. The SMILES string of the molecule is Nc1ccc2nc(C3C4CCCCC43)oc2c1. The molecule has 0 saturated heterocycles. The van der Waals surface area contributed by atoms with Crippen LogP contribution < -0.4 is 5.73 Å². The molecule has 2 aliphatic rings. The van der Waals surface area contributed by atoms with E-state index in [1.165, 1.54) is 25.7 Å². The van der Waals surface area contributed by atoms with E-state index >= 15 is 0 Å². The van der Waals surface area contributed by atoms with E-state index in [4.69, 9.17) is 10.2 Å². The molecule has 4 rings (SSSR count). The monoisotopic (exact) mass is 228 g/mol. The van der Waals surface area contributed by atoms with Crippen LogP contribution in [0.2, 0.25) is 0 Å². The van der Waals surface area contributed by atoms with Crippen molar-refractivity contribution in [3.8, 4) is 0 Å². The quantitative estimate of drug-likeness (QED) is 0.762. The number of hydrogen-bond acceptors (Lipinski definition) is 3. The third-order valence-corrected chi connectivity index (χ3v) is 4.37. The number of hydrogen-bond donors (Lipinski definition) is 1. The molecule has 2 fully saturated rings. The van der Waals surface area contributed by atoms with Gasteiger partial charge in [0.05, 0.1) is 0 Å². The molecule has 0 spiro atoms. The first kappa shape index (κ1) is 9.51. The Morgan fingerprint density at radius 3 is 2.71 bits per heavy atom. The Kier molecular flexibility index (Phi) is 1.82. The summed E-state index contributed by atoms with van der Waals surface area (Å²) in [4.78, 5) is 4.62. The predicted molar refractivity (Wildman–Crippen MR) is 66.6 cm³/mol. The van der Waals surface area contributed by atoms with E-state index < -0.39 is 0 Å². The van der Waals surface area contributed by atoms with Gasteiger partial charge in [-0.05, 0) is 36.8 Å². The molecule has 17 heavy (non-hydrogen) atoms. The highest BCUT2D eigenvalue weighted by Crippen LogP contribution is 2.61. The molecular weight excluding hydrogens is 212 g/mol. The fraction of sp³-hybridized carbons (Fsp3) is 0.500. The van der Waals surface area contributed by atoms with E-state index in [-0.39, 0.29) is 0 Å². The van der Waals surface area contributed by atoms with Gasteiger partial charge in [-0.15, -0.1) is 0 Å². The van der Waals surface area contributed by atoms with Crippen molar-refractivity contribution in [1.82, 2.24) is 4.98 Å². The molecule has 2 saturated carbocycles. The van der Waals surface area contributed by atoms with Crippen molar-refractivity contribution in [3.63, 3.8) is 0 Å². The van der Waals surface area contributed by atoms with Crippen molar-refractivity contribution < 1.29 is 4.42 Å². The zero-order valence-corrected chi connectivity index (χ0v) is 9.73. The maximum absolute atomic E-state index is 5.87. The fourth-order valence-electron chi connectivity index (χ4n) is 3.46. The van der Waals surface area contributed by atoms with Crippen LogP contribution in [-0.2, 0) is 0 Å². The third-order valence-electron chi connectivity index (χ3n) is 4.37. The Hall–Kier alpha value is -1.51. The lowest BCUT2D eigenvalue weighted by molar-refractivity contribution is 0.480. The van der Waals surface area contributed by atoms with Gasteiger partial charge in [0.25, 0.3) is 0 Å². The second-order valence-electron chi connectivity index (χ2n) is 5.42. The Morgan fingerprint density at radius 1 is 1.18 bits per heavy atom. The lowest BCUT2D eigenvalue weighted by atomic mass is 10.0. The summed E-state index contributed by atoms with van der Waals surface area (Å²) in [5.41, 5.74) is 8.28. The molecule has 3 heteroatoms. The number of anilines is 1. The highest BCUT2D eigenvalue weighted by Gasteiger charge is 2.54. The van der Waals surface area contributed by atoms with Gasteiger partial charge in [-0.2, -0.15) is 0 Å². The third kappa shape index (κ3) is 1.38. The Labute approximate surface area is 100 Å². The van der Waals surface area contributed by atoms with Gasteiger partial charge in [-0.1, -0.05) is 12.8 Å². The van der Waals surface area contributed by atoms with Crippen molar-refractivity contribution in [3.05, 3.63) is 24.1 Å². The van der Waals surface area contributed by atoms with Crippen LogP contribution in [-0.4, -0.2) is 4.98 Å². The van der Waals surface area contributed by atoms with Gasteiger partial charge in [-0.3, -0.25) is 0 Å². The van der Waals surface area contributed by atoms with Gasteiger partial charge >= 0.3 is 0 Å². The van der Waals surface area contributed by atoms with Crippen LogP contribution in [0.5, 0.6) is 0 Å². The molecule has 1 aromatic heterocycles. The van der Waals surface area contributed by atoms with E-state index in [1.807, 2.05) is 18.2 Å². The van der Waals surface area contributed by atoms with Crippen molar-refractivity contribution >= 4 is 16.8 Å². The minimum atomic E-state index is 0.589. The second-order valence-corrected chi connectivity index (χ2v) is 5.42. The molecule has 0 bridgehead atoms. The number of benzene rings is 1. The number of aromatic nitrogens is 1. The molecule has 2 N–H and O–H groups in total. The molecule has 1 aromatic carbocycles. The van der Waals surface area contributed by atoms with E-state index in [1.54, 1.807) is 0 Å². The Balaban J connectivity index is 1.72. The number of rotatable bonds is 1. The first-order valence-electron chi connectivity index (χ1n) is 6.49. The molecule has 0 radical (unpaired) electrons. The molecular formula is C14H16N2O. The van der Waals surface area contributed by atoms with Crippen LogP contribution in [0.3, 0.4) is 0 Å². The molecule has 2 aromatic rings. The summed E-state index contributed by atoms with van der Waals surface area (Å²) in [6.45, 7) is 0. The van der Waals surface area contributed by atoms with Crippen LogP contribution in [0.1, 0.15) is 37.5 Å². The zero-order valence-electron chi connectivity index (χ0n) is 9.73. The smallest absolute Gasteiger partial charge is 0.199 e. The van der Waals surface area contributed by atoms with Crippen LogP contribution in [0, 0.1) is 11.8 Å². The standard InChI is InChI=1S/C14H16N2O/c15-8-5-6-11-12(7-8)17-14(16-11)13-9-3-1-2-4-10(9)13/h5-7,9-10,13H,1-4,15H2. The average molecular weight is 228 g/mol. The minimum Gasteiger partial charge on any atom is -0.440 e. The minimum absolute atomic E-state index is 0.589. The zero-order chi connectivity index (χ0) is 11.4. The maximum Gasteiger partial charge on any atom is 0.199 e. The number of nitrogens with two attached hydrogens (primary N) is 1. The first-order chi connectivity index (χ1) is 8.33. The Bertz CT molecular complexity index is 563. The van der Waals surface area contributed by atoms with Gasteiger partial charge in [0.15, 0.2) is 11.5 Å². The van der Waals surface area contributed by atoms with Gasteiger partial charge in [0.1, 0.15) is 5.52 Å². The molecule has 0 aliphatic heterocycles. The lowest BCUT2D eigenvalue weighted by Crippen LogP contribution is -1.91. The highest BCUT2D eigenvalue weighted by atomic mass is 16.3. The van der Waals surface area contributed by atoms with Crippen LogP contribution >= 0.6 is 0 Å². The summed E-state index contributed by atoms with van der Waals surface area (Å²) in [5.74, 6) is 3.22. The number of fused-ring (bicyclic) bond motifs is 2. The van der Waals surface area contributed by atoms with Crippen molar-refractivity contribution in [2.45, 2.75) is 31.6 Å². The second kappa shape index (κ2) is 3.25. The molecule has 2 aliphatic carbocycles. The first-order valence-corrected chi connectivity index (χ1v) is 6.49. The van der Waals surface area contributed by atoms with Gasteiger partial charge < -0.3 is 10.2 Å². The number of nitrogen functional groups attached to an aromatic ring is 1. The van der Waals surface area contributed by atoms with Crippen molar-refractivity contribution in [2.24, 2.45) is 11.8 Å². The summed E-state index contributed by atoms with van der Waals surface area (Å²) in [6, 6.07) is 5.70. The van der Waals surface area contributed by atoms with Gasteiger partial charge in [0, 0.05) is 17.7 Å². The average Bonchev–Trinajstić information content (AvgIpc) is 2.93. The van der Waals surface area contributed by atoms with E-state index in [0.717, 1.165) is 34.5 Å². The van der Waals surface area contributed by atoms with Gasteiger partial charge in [-0.25, -0.2) is 4.98 Å². The summed E-state index contributed by atoms with van der Waals surface area (Å²) in [5, 5.41) is 0. The summed E-state index contributed by atoms with van der Waals surface area (Å²) in [6.07, 6.45) is 5.47. The number of nitrogens with zero attached hydrogens (tertiary/aromatic N) is 1. The number of oxazole rings is 1. The van der Waals surface area contributed by atoms with Crippen LogP contribution in [0.4, 0.5) is 5.69 Å². The summed E-state index contributed by atoms with van der Waals surface area (Å²) in [7, 11) is 0. The van der Waals surface area contributed by atoms with E-state index in [2.05, 4.69) is 4.98 Å².